The average molecular weight is 492 g/mol. The lowest BCUT2D eigenvalue weighted by atomic mass is 10.0. The van der Waals surface area contributed by atoms with E-state index in [1.807, 2.05) is 55.5 Å². The highest BCUT2D eigenvalue weighted by atomic mass is 32.2. The number of hydrogen-bond acceptors (Lipinski definition) is 6. The fraction of sp³-hybridized carbons (Fsp3) is 0.222. The minimum atomic E-state index is -0.164. The van der Waals surface area contributed by atoms with Crippen molar-refractivity contribution in [2.75, 3.05) is 11.3 Å². The molecule has 0 heterocycles. The SMILES string of the molecule is CCCc1c(OCc2ccc(SNc3ccc(C(=N)N=CC[NH3+])cc3)cc2)ccc(C(C)=O)c1O. The number of ether oxygens (including phenoxy) is 1. The molecule has 182 valence electrons. The van der Waals surface area contributed by atoms with Gasteiger partial charge >= 0.3 is 0 Å². The van der Waals surface area contributed by atoms with Gasteiger partial charge in [-0.05, 0) is 79.4 Å². The van der Waals surface area contributed by atoms with Crippen LogP contribution in [-0.2, 0) is 13.0 Å². The average Bonchev–Trinajstić information content (AvgIpc) is 2.87. The van der Waals surface area contributed by atoms with Crippen molar-refractivity contribution in [1.82, 2.24) is 0 Å². The van der Waals surface area contributed by atoms with Crippen molar-refractivity contribution in [1.29, 1.82) is 5.41 Å². The number of ketones is 1. The Morgan fingerprint density at radius 2 is 1.86 bits per heavy atom. The number of quaternary nitrogens is 1. The Bertz CT molecular complexity index is 1190. The third kappa shape index (κ3) is 7.18. The normalized spacial score (nSPS) is 10.9. The van der Waals surface area contributed by atoms with Crippen LogP contribution in [0.1, 0.15) is 47.3 Å². The quantitative estimate of drug-likeness (QED) is 0.132. The molecule has 0 aliphatic heterocycles. The van der Waals surface area contributed by atoms with Crippen LogP contribution in [0.4, 0.5) is 5.69 Å². The van der Waals surface area contributed by atoms with E-state index in [1.54, 1.807) is 18.3 Å². The van der Waals surface area contributed by atoms with Crippen LogP contribution in [0.3, 0.4) is 0 Å². The van der Waals surface area contributed by atoms with Crippen LogP contribution in [0, 0.1) is 5.41 Å². The monoisotopic (exact) mass is 491 g/mol. The van der Waals surface area contributed by atoms with Crippen molar-refractivity contribution < 1.29 is 20.4 Å². The molecular weight excluding hydrogens is 460 g/mol. The molecule has 3 aromatic carbocycles. The van der Waals surface area contributed by atoms with Crippen LogP contribution in [0.25, 0.3) is 0 Å². The molecular formula is C27H31N4O3S+. The van der Waals surface area contributed by atoms with E-state index < -0.39 is 0 Å². The summed E-state index contributed by atoms with van der Waals surface area (Å²) in [6.07, 6.45) is 3.09. The van der Waals surface area contributed by atoms with E-state index in [2.05, 4.69) is 15.4 Å². The molecule has 8 heteroatoms. The second-order valence-corrected chi connectivity index (χ2v) is 8.79. The Labute approximate surface area is 210 Å². The summed E-state index contributed by atoms with van der Waals surface area (Å²) < 4.78 is 9.29. The summed E-state index contributed by atoms with van der Waals surface area (Å²) >= 11 is 1.49. The molecule has 0 spiro atoms. The Morgan fingerprint density at radius 3 is 2.49 bits per heavy atom. The molecule has 0 fully saturated rings. The number of phenolic OH excluding ortho intramolecular Hbond substituents is 1. The van der Waals surface area contributed by atoms with Crippen LogP contribution in [0.2, 0.25) is 0 Å². The summed E-state index contributed by atoms with van der Waals surface area (Å²) in [6.45, 7) is 4.38. The molecule has 0 bridgehead atoms. The number of Topliss-reactive ketones (excluding diaryl/α,β-unsaturated/α-hetero) is 1. The maximum atomic E-state index is 11.7. The number of carbonyl (C=O) groups excluding carboxylic acids is 1. The molecule has 0 aliphatic rings. The predicted octanol–water partition coefficient (Wildman–Crippen LogP) is 4.88. The standard InChI is InChI=1S/C27H30N4O3S/c1-3-4-24-25(14-13-23(18(2)32)26(24)33)34-17-19-5-11-22(12-6-19)35-31-21-9-7-20(8-10-21)27(29)30-16-15-28/h5-14,16,29,31,33H,3-4,15,17,28H2,1-2H3/p+1. The maximum absolute atomic E-state index is 11.7. The molecule has 0 saturated heterocycles. The number of benzene rings is 3. The predicted molar refractivity (Wildman–Crippen MR) is 142 cm³/mol. The number of nitrogens with one attached hydrogen (secondary N) is 2. The number of phenols is 1. The Morgan fingerprint density at radius 1 is 1.14 bits per heavy atom. The zero-order chi connectivity index (χ0) is 25.2. The molecule has 0 aromatic heterocycles. The van der Waals surface area contributed by atoms with Gasteiger partial charge in [0, 0.05) is 21.7 Å². The minimum Gasteiger partial charge on any atom is -0.507 e. The molecule has 3 aromatic rings. The third-order valence-electron chi connectivity index (χ3n) is 5.23. The number of amidine groups is 1. The van der Waals surface area contributed by atoms with E-state index in [0.29, 0.717) is 36.4 Å². The van der Waals surface area contributed by atoms with Crippen LogP contribution >= 0.6 is 11.9 Å². The first-order chi connectivity index (χ1) is 16.9. The summed E-state index contributed by atoms with van der Waals surface area (Å²) in [7, 11) is 0. The van der Waals surface area contributed by atoms with Crippen LogP contribution in [-0.4, -0.2) is 29.5 Å². The summed E-state index contributed by atoms with van der Waals surface area (Å²) in [6, 6.07) is 18.9. The highest BCUT2D eigenvalue weighted by Gasteiger charge is 2.16. The lowest BCUT2D eigenvalue weighted by Gasteiger charge is -2.15. The van der Waals surface area contributed by atoms with Crippen molar-refractivity contribution in [2.45, 2.75) is 38.2 Å². The highest BCUT2D eigenvalue weighted by molar-refractivity contribution is 8.00. The number of rotatable bonds is 11. The zero-order valence-electron chi connectivity index (χ0n) is 20.0. The molecule has 35 heavy (non-hydrogen) atoms. The van der Waals surface area contributed by atoms with Gasteiger partial charge in [-0.3, -0.25) is 10.2 Å². The van der Waals surface area contributed by atoms with Crippen molar-refractivity contribution in [2.24, 2.45) is 4.99 Å². The lowest BCUT2D eigenvalue weighted by molar-refractivity contribution is -0.344. The van der Waals surface area contributed by atoms with E-state index in [4.69, 9.17) is 10.1 Å². The number of nitrogens with zero attached hydrogens (tertiary/aromatic N) is 1. The van der Waals surface area contributed by atoms with Gasteiger partial charge in [-0.2, -0.15) is 0 Å². The molecule has 0 atom stereocenters. The molecule has 6 N–H and O–H groups in total. The van der Waals surface area contributed by atoms with E-state index in [1.165, 1.54) is 18.9 Å². The number of aromatic hydroxyl groups is 1. The fourth-order valence-corrected chi connectivity index (χ4v) is 4.03. The molecule has 3 rings (SSSR count). The fourth-order valence-electron chi connectivity index (χ4n) is 3.39. The summed E-state index contributed by atoms with van der Waals surface area (Å²) in [4.78, 5) is 16.8. The summed E-state index contributed by atoms with van der Waals surface area (Å²) in [5.74, 6) is 0.675. The first-order valence-electron chi connectivity index (χ1n) is 11.4. The molecule has 0 amide bonds. The molecule has 0 aliphatic carbocycles. The van der Waals surface area contributed by atoms with Gasteiger partial charge in [0.1, 0.15) is 24.7 Å². The topological polar surface area (TPSA) is 122 Å². The van der Waals surface area contributed by atoms with Gasteiger partial charge in [-0.25, -0.2) is 4.99 Å². The van der Waals surface area contributed by atoms with Gasteiger partial charge in [0.25, 0.3) is 0 Å². The van der Waals surface area contributed by atoms with Crippen molar-refractivity contribution in [3.05, 3.63) is 82.9 Å². The Hall–Kier alpha value is -3.62. The maximum Gasteiger partial charge on any atom is 0.163 e. The first-order valence-corrected chi connectivity index (χ1v) is 12.3. The van der Waals surface area contributed by atoms with E-state index in [0.717, 1.165) is 28.1 Å². The van der Waals surface area contributed by atoms with Crippen LogP contribution < -0.4 is 15.2 Å². The van der Waals surface area contributed by atoms with Crippen molar-refractivity contribution in [3.63, 3.8) is 0 Å². The smallest absolute Gasteiger partial charge is 0.163 e. The lowest BCUT2D eigenvalue weighted by Crippen LogP contribution is -2.51. The number of hydrogen-bond donors (Lipinski definition) is 4. The third-order valence-corrected chi connectivity index (χ3v) is 6.08. The molecule has 0 saturated carbocycles. The molecule has 7 nitrogen and oxygen atoms in total. The minimum absolute atomic E-state index is 0.0190. The van der Waals surface area contributed by atoms with E-state index >= 15 is 0 Å². The molecule has 0 radical (unpaired) electrons. The molecule has 0 unspecified atom stereocenters. The highest BCUT2D eigenvalue weighted by Crippen LogP contribution is 2.33. The second kappa shape index (κ2) is 12.7. The largest absolute Gasteiger partial charge is 0.507 e. The van der Waals surface area contributed by atoms with E-state index in [-0.39, 0.29) is 17.4 Å². The Balaban J connectivity index is 1.57. The van der Waals surface area contributed by atoms with Crippen molar-refractivity contribution in [3.8, 4) is 11.5 Å². The van der Waals surface area contributed by atoms with Gasteiger partial charge in [0.05, 0.1) is 11.8 Å². The first kappa shape index (κ1) is 26.0. The van der Waals surface area contributed by atoms with Gasteiger partial charge in [-0.1, -0.05) is 25.5 Å². The van der Waals surface area contributed by atoms with Crippen LogP contribution in [0.15, 0.2) is 70.6 Å². The number of carbonyl (C=O) groups is 1. The van der Waals surface area contributed by atoms with Gasteiger partial charge in [0.15, 0.2) is 11.6 Å². The number of anilines is 1. The van der Waals surface area contributed by atoms with Gasteiger partial charge < -0.3 is 20.3 Å². The van der Waals surface area contributed by atoms with Crippen molar-refractivity contribution >= 4 is 35.5 Å². The Kier molecular flexibility index (Phi) is 9.46. The second-order valence-electron chi connectivity index (χ2n) is 7.91. The summed E-state index contributed by atoms with van der Waals surface area (Å²) in [5, 5.41) is 18.4. The van der Waals surface area contributed by atoms with Gasteiger partial charge in [-0.15, -0.1) is 0 Å². The zero-order valence-corrected chi connectivity index (χ0v) is 20.8. The van der Waals surface area contributed by atoms with Crippen LogP contribution in [0.5, 0.6) is 11.5 Å². The van der Waals surface area contributed by atoms with Gasteiger partial charge in [0.2, 0.25) is 0 Å². The number of aliphatic imine (C=N–C) groups is 1. The summed E-state index contributed by atoms with van der Waals surface area (Å²) in [5.41, 5.74) is 7.36. The van der Waals surface area contributed by atoms with E-state index in [9.17, 15) is 9.90 Å².